The molecule has 3 rings (SSSR count). The van der Waals surface area contributed by atoms with E-state index in [-0.39, 0.29) is 11.9 Å². The molecule has 0 radical (unpaired) electrons. The van der Waals surface area contributed by atoms with Crippen LogP contribution in [0, 0.1) is 6.92 Å². The van der Waals surface area contributed by atoms with Crippen LogP contribution in [0.5, 0.6) is 0 Å². The van der Waals surface area contributed by atoms with Crippen LogP contribution in [0.2, 0.25) is 0 Å². The van der Waals surface area contributed by atoms with Gasteiger partial charge in [0.25, 0.3) is 5.91 Å². The van der Waals surface area contributed by atoms with Crippen LogP contribution in [-0.2, 0) is 16.1 Å². The summed E-state index contributed by atoms with van der Waals surface area (Å²) in [7, 11) is 0. The molecule has 0 atom stereocenters. The fourth-order valence-electron chi connectivity index (χ4n) is 2.43. The Morgan fingerprint density at radius 1 is 0.962 bits per heavy atom. The summed E-state index contributed by atoms with van der Waals surface area (Å²) in [5.74, 6) is -1.76. The van der Waals surface area contributed by atoms with Crippen molar-refractivity contribution in [2.45, 2.75) is 32.4 Å². The van der Waals surface area contributed by atoms with Gasteiger partial charge in [0.1, 0.15) is 0 Å². The Hall–Kier alpha value is -3.15. The van der Waals surface area contributed by atoms with Gasteiger partial charge in [0.2, 0.25) is 0 Å². The van der Waals surface area contributed by atoms with E-state index in [1.807, 2.05) is 31.2 Å². The molecule has 134 valence electrons. The number of anilines is 1. The molecule has 0 aromatic heterocycles. The molecule has 3 amide bonds. The molecule has 0 aliphatic heterocycles. The number of nitrogens with one attached hydrogen (secondary N) is 3. The van der Waals surface area contributed by atoms with Gasteiger partial charge in [-0.25, -0.2) is 0 Å². The standard InChI is InChI=1S/C20H21N3O3/c1-13-6-8-14(9-7-13)12-21-18(24)16-4-2-3-5-17(16)23-20(26)19(25)22-15-10-11-15/h2-9,15H,10-12H2,1H3,(H,21,24)(H,22,25)(H,23,26). The van der Waals surface area contributed by atoms with Crippen LogP contribution in [-0.4, -0.2) is 23.8 Å². The van der Waals surface area contributed by atoms with Crippen molar-refractivity contribution in [1.82, 2.24) is 10.6 Å². The van der Waals surface area contributed by atoms with Gasteiger partial charge < -0.3 is 16.0 Å². The minimum atomic E-state index is -0.768. The van der Waals surface area contributed by atoms with Gasteiger partial charge in [-0.1, -0.05) is 42.0 Å². The molecule has 2 aromatic rings. The fraction of sp³-hybridized carbons (Fsp3) is 0.250. The van der Waals surface area contributed by atoms with Gasteiger partial charge in [0.15, 0.2) is 0 Å². The SMILES string of the molecule is Cc1ccc(CNC(=O)c2ccccc2NC(=O)C(=O)NC2CC2)cc1. The third kappa shape index (κ3) is 4.69. The summed E-state index contributed by atoms with van der Waals surface area (Å²) in [5, 5.41) is 7.97. The Morgan fingerprint density at radius 2 is 1.65 bits per heavy atom. The van der Waals surface area contributed by atoms with Crippen molar-refractivity contribution in [1.29, 1.82) is 0 Å². The molecule has 0 saturated heterocycles. The highest BCUT2D eigenvalue weighted by Crippen LogP contribution is 2.19. The zero-order valence-electron chi connectivity index (χ0n) is 14.5. The van der Waals surface area contributed by atoms with E-state index >= 15 is 0 Å². The number of para-hydroxylation sites is 1. The van der Waals surface area contributed by atoms with Crippen LogP contribution in [0.4, 0.5) is 5.69 Å². The lowest BCUT2D eigenvalue weighted by Crippen LogP contribution is -2.37. The summed E-state index contributed by atoms with van der Waals surface area (Å²) in [4.78, 5) is 36.3. The van der Waals surface area contributed by atoms with Crippen molar-refractivity contribution in [3.8, 4) is 0 Å². The maximum Gasteiger partial charge on any atom is 0.313 e. The third-order valence-electron chi connectivity index (χ3n) is 4.11. The zero-order valence-corrected chi connectivity index (χ0v) is 14.5. The molecular formula is C20H21N3O3. The predicted octanol–water partition coefficient (Wildman–Crippen LogP) is 2.14. The number of hydrogen-bond acceptors (Lipinski definition) is 3. The molecule has 0 bridgehead atoms. The van der Waals surface area contributed by atoms with Crippen molar-refractivity contribution in [3.63, 3.8) is 0 Å². The summed E-state index contributed by atoms with van der Waals surface area (Å²) in [6.45, 7) is 2.38. The largest absolute Gasteiger partial charge is 0.348 e. The average molecular weight is 351 g/mol. The summed E-state index contributed by atoms with van der Waals surface area (Å²) < 4.78 is 0. The number of aryl methyl sites for hydroxylation is 1. The van der Waals surface area contributed by atoms with E-state index in [9.17, 15) is 14.4 Å². The van der Waals surface area contributed by atoms with Crippen molar-refractivity contribution in [2.75, 3.05) is 5.32 Å². The van der Waals surface area contributed by atoms with Crippen LogP contribution in [0.1, 0.15) is 34.3 Å². The Labute approximate surface area is 152 Å². The van der Waals surface area contributed by atoms with Crippen molar-refractivity contribution < 1.29 is 14.4 Å². The molecule has 26 heavy (non-hydrogen) atoms. The van der Waals surface area contributed by atoms with Crippen molar-refractivity contribution in [2.24, 2.45) is 0 Å². The van der Waals surface area contributed by atoms with E-state index in [2.05, 4.69) is 16.0 Å². The van der Waals surface area contributed by atoms with Crippen LogP contribution in [0.25, 0.3) is 0 Å². The lowest BCUT2D eigenvalue weighted by atomic mass is 10.1. The normalized spacial score (nSPS) is 13.0. The molecule has 6 heteroatoms. The molecule has 0 heterocycles. The second-order valence-corrected chi connectivity index (χ2v) is 6.42. The summed E-state index contributed by atoms with van der Waals surface area (Å²) in [6, 6.07) is 14.6. The summed E-state index contributed by atoms with van der Waals surface area (Å²) >= 11 is 0. The molecule has 0 unspecified atom stereocenters. The van der Waals surface area contributed by atoms with E-state index in [1.54, 1.807) is 24.3 Å². The van der Waals surface area contributed by atoms with Gasteiger partial charge in [0.05, 0.1) is 11.3 Å². The number of rotatable bonds is 5. The smallest absolute Gasteiger partial charge is 0.313 e. The Bertz CT molecular complexity index is 826. The van der Waals surface area contributed by atoms with Crippen LogP contribution in [0.3, 0.4) is 0 Å². The summed E-state index contributed by atoms with van der Waals surface area (Å²) in [6.07, 6.45) is 1.80. The Kier molecular flexibility index (Phi) is 5.31. The van der Waals surface area contributed by atoms with E-state index in [0.717, 1.165) is 24.0 Å². The van der Waals surface area contributed by atoms with Gasteiger partial charge in [-0.2, -0.15) is 0 Å². The molecule has 0 spiro atoms. The fourth-order valence-corrected chi connectivity index (χ4v) is 2.43. The number of carbonyl (C=O) groups is 3. The first-order valence-corrected chi connectivity index (χ1v) is 8.57. The molecule has 1 fully saturated rings. The van der Waals surface area contributed by atoms with Gasteiger partial charge >= 0.3 is 11.8 Å². The summed E-state index contributed by atoms with van der Waals surface area (Å²) in [5.41, 5.74) is 2.75. The van der Waals surface area contributed by atoms with Crippen LogP contribution in [0.15, 0.2) is 48.5 Å². The predicted molar refractivity (Wildman–Crippen MR) is 98.6 cm³/mol. The average Bonchev–Trinajstić information content (AvgIpc) is 3.45. The van der Waals surface area contributed by atoms with Gasteiger partial charge in [-0.15, -0.1) is 0 Å². The highest BCUT2D eigenvalue weighted by atomic mass is 16.2. The van der Waals surface area contributed by atoms with Crippen LogP contribution >= 0.6 is 0 Å². The second kappa shape index (κ2) is 7.82. The molecule has 6 nitrogen and oxygen atoms in total. The number of amides is 3. The molecule has 1 aliphatic rings. The maximum atomic E-state index is 12.5. The molecule has 1 saturated carbocycles. The van der Waals surface area contributed by atoms with Gasteiger partial charge in [-0.3, -0.25) is 14.4 Å². The first kappa shape index (κ1) is 17.7. The van der Waals surface area contributed by atoms with Gasteiger partial charge in [-0.05, 0) is 37.5 Å². The number of benzene rings is 2. The lowest BCUT2D eigenvalue weighted by molar-refractivity contribution is -0.136. The maximum absolute atomic E-state index is 12.5. The Balaban J connectivity index is 1.63. The van der Waals surface area contributed by atoms with E-state index in [4.69, 9.17) is 0 Å². The number of carbonyl (C=O) groups excluding carboxylic acids is 3. The molecular weight excluding hydrogens is 330 g/mol. The minimum absolute atomic E-state index is 0.0984. The molecule has 2 aromatic carbocycles. The molecule has 1 aliphatic carbocycles. The van der Waals surface area contributed by atoms with Crippen LogP contribution < -0.4 is 16.0 Å². The van der Waals surface area contributed by atoms with E-state index in [0.29, 0.717) is 17.8 Å². The highest BCUT2D eigenvalue weighted by Gasteiger charge is 2.26. The first-order valence-electron chi connectivity index (χ1n) is 8.57. The van der Waals surface area contributed by atoms with Crippen molar-refractivity contribution >= 4 is 23.4 Å². The highest BCUT2D eigenvalue weighted by molar-refractivity contribution is 6.40. The third-order valence-corrected chi connectivity index (χ3v) is 4.11. The van der Waals surface area contributed by atoms with Crippen molar-refractivity contribution in [3.05, 3.63) is 65.2 Å². The Morgan fingerprint density at radius 3 is 2.35 bits per heavy atom. The quantitative estimate of drug-likeness (QED) is 0.721. The first-order chi connectivity index (χ1) is 12.5. The van der Waals surface area contributed by atoms with E-state index < -0.39 is 11.8 Å². The zero-order chi connectivity index (χ0) is 18.5. The van der Waals surface area contributed by atoms with E-state index in [1.165, 1.54) is 0 Å². The van der Waals surface area contributed by atoms with Gasteiger partial charge in [0, 0.05) is 12.6 Å². The number of hydrogen-bond donors (Lipinski definition) is 3. The molecule has 3 N–H and O–H groups in total. The lowest BCUT2D eigenvalue weighted by Gasteiger charge is -2.11. The minimum Gasteiger partial charge on any atom is -0.348 e. The second-order valence-electron chi connectivity index (χ2n) is 6.42. The monoisotopic (exact) mass is 351 g/mol. The topological polar surface area (TPSA) is 87.3 Å².